The average Bonchev–Trinajstić information content (AvgIpc) is 3.26. The molecule has 0 aliphatic heterocycles. The van der Waals surface area contributed by atoms with Gasteiger partial charge >= 0.3 is 0 Å². The molecule has 0 atom stereocenters. The molecule has 0 amide bonds. The van der Waals surface area contributed by atoms with Crippen LogP contribution in [0.2, 0.25) is 0 Å². The van der Waals surface area contributed by atoms with Gasteiger partial charge in [0.25, 0.3) is 0 Å². The number of aromatic nitrogens is 4. The number of nitrogens with zero attached hydrogens (tertiary/aromatic N) is 4. The summed E-state index contributed by atoms with van der Waals surface area (Å²) >= 11 is 0. The molecular formula is C29H34N4O2. The molecule has 0 N–H and O–H groups in total. The van der Waals surface area contributed by atoms with Crippen LogP contribution in [-0.4, -0.2) is 26.3 Å². The zero-order chi connectivity index (χ0) is 25.0. The maximum absolute atomic E-state index is 6.03. The van der Waals surface area contributed by atoms with Crippen LogP contribution >= 0.6 is 0 Å². The number of rotatable bonds is 9. The van der Waals surface area contributed by atoms with E-state index in [0.29, 0.717) is 17.7 Å². The van der Waals surface area contributed by atoms with Crippen LogP contribution < -0.4 is 4.74 Å². The molecule has 0 unspecified atom stereocenters. The first-order chi connectivity index (χ1) is 16.7. The third-order valence-corrected chi connectivity index (χ3v) is 5.63. The molecule has 0 aliphatic carbocycles. The molecule has 2 heterocycles. The van der Waals surface area contributed by atoms with Crippen LogP contribution in [0.5, 0.6) is 5.88 Å². The molecular weight excluding hydrogens is 436 g/mol. The number of benzene rings is 2. The van der Waals surface area contributed by atoms with Crippen LogP contribution in [0.3, 0.4) is 0 Å². The predicted octanol–water partition coefficient (Wildman–Crippen LogP) is 7.26. The standard InChI is InChI=1S/C29H34N4O2/c1-19(2)27-33-32-25(35-27)18-29(5,6)16-10-12-21-11-9-13-22(17-21)26-28(34-20(3)4)31-24-15-8-7-14-23(24)30-26/h7-15,17,19-20H,16,18H2,1-6H3/b12-10+. The second-order valence-corrected chi connectivity index (χ2v) is 10.3. The van der Waals surface area contributed by atoms with Gasteiger partial charge in [0.2, 0.25) is 17.7 Å². The molecule has 0 aliphatic rings. The summed E-state index contributed by atoms with van der Waals surface area (Å²) in [6.45, 7) is 12.5. The maximum Gasteiger partial charge on any atom is 0.241 e. The molecule has 0 spiro atoms. The van der Waals surface area contributed by atoms with E-state index in [2.05, 4.69) is 68.2 Å². The van der Waals surface area contributed by atoms with Crippen molar-refractivity contribution in [1.29, 1.82) is 0 Å². The molecule has 2 aromatic carbocycles. The van der Waals surface area contributed by atoms with Gasteiger partial charge in [0.1, 0.15) is 5.69 Å². The Labute approximate surface area is 207 Å². The van der Waals surface area contributed by atoms with Gasteiger partial charge in [-0.2, -0.15) is 0 Å². The Morgan fingerprint density at radius 1 is 0.943 bits per heavy atom. The third-order valence-electron chi connectivity index (χ3n) is 5.63. The van der Waals surface area contributed by atoms with E-state index in [-0.39, 0.29) is 17.4 Å². The fourth-order valence-electron chi connectivity index (χ4n) is 3.83. The highest BCUT2D eigenvalue weighted by atomic mass is 16.5. The largest absolute Gasteiger partial charge is 0.473 e. The topological polar surface area (TPSA) is 73.9 Å². The van der Waals surface area contributed by atoms with E-state index in [1.165, 1.54) is 0 Å². The highest BCUT2D eigenvalue weighted by Crippen LogP contribution is 2.31. The van der Waals surface area contributed by atoms with E-state index in [4.69, 9.17) is 19.1 Å². The van der Waals surface area contributed by atoms with Gasteiger partial charge < -0.3 is 9.15 Å². The number of hydrogen-bond acceptors (Lipinski definition) is 6. The smallest absolute Gasteiger partial charge is 0.241 e. The number of para-hydroxylation sites is 2. The second-order valence-electron chi connectivity index (χ2n) is 10.3. The fraction of sp³-hybridized carbons (Fsp3) is 0.379. The Balaban J connectivity index is 1.53. The van der Waals surface area contributed by atoms with E-state index in [9.17, 15) is 0 Å². The zero-order valence-corrected chi connectivity index (χ0v) is 21.4. The van der Waals surface area contributed by atoms with Crippen LogP contribution in [0.25, 0.3) is 28.4 Å². The van der Waals surface area contributed by atoms with Crippen molar-refractivity contribution in [2.24, 2.45) is 5.41 Å². The van der Waals surface area contributed by atoms with Crippen molar-refractivity contribution in [3.8, 4) is 17.1 Å². The summed E-state index contributed by atoms with van der Waals surface area (Å²) in [6.07, 6.45) is 5.98. The SMILES string of the molecule is CC(C)Oc1nc2ccccc2nc1-c1cccc(/C=C/CC(C)(C)Cc2nnc(C(C)C)o2)c1. The minimum absolute atomic E-state index is 0.00299. The van der Waals surface area contributed by atoms with Crippen LogP contribution in [0.4, 0.5) is 0 Å². The minimum Gasteiger partial charge on any atom is -0.473 e. The summed E-state index contributed by atoms with van der Waals surface area (Å²) in [6, 6.07) is 16.2. The molecule has 4 aromatic rings. The van der Waals surface area contributed by atoms with E-state index in [1.807, 2.05) is 44.2 Å². The van der Waals surface area contributed by atoms with Crippen LogP contribution in [0.1, 0.15) is 71.2 Å². The Hall–Kier alpha value is -3.54. The van der Waals surface area contributed by atoms with Crippen molar-refractivity contribution in [3.05, 3.63) is 72.0 Å². The van der Waals surface area contributed by atoms with Crippen molar-refractivity contribution in [2.45, 2.75) is 66.4 Å². The highest BCUT2D eigenvalue weighted by molar-refractivity contribution is 5.80. The Kier molecular flexibility index (Phi) is 7.29. The van der Waals surface area contributed by atoms with Gasteiger partial charge in [-0.15, -0.1) is 10.2 Å². The summed E-state index contributed by atoms with van der Waals surface area (Å²) in [5, 5.41) is 8.37. The number of ether oxygens (including phenoxy) is 1. The number of fused-ring (bicyclic) bond motifs is 1. The fourth-order valence-corrected chi connectivity index (χ4v) is 3.83. The summed E-state index contributed by atoms with van der Waals surface area (Å²) in [4.78, 5) is 9.63. The van der Waals surface area contributed by atoms with Gasteiger partial charge in [0.05, 0.1) is 17.1 Å². The van der Waals surface area contributed by atoms with Crippen molar-refractivity contribution in [2.75, 3.05) is 0 Å². The summed E-state index contributed by atoms with van der Waals surface area (Å²) in [7, 11) is 0. The maximum atomic E-state index is 6.03. The normalized spacial score (nSPS) is 12.3. The van der Waals surface area contributed by atoms with Gasteiger partial charge in [-0.05, 0) is 49.4 Å². The Morgan fingerprint density at radius 3 is 2.37 bits per heavy atom. The average molecular weight is 471 g/mol. The van der Waals surface area contributed by atoms with E-state index in [0.717, 1.165) is 40.7 Å². The molecule has 6 nitrogen and oxygen atoms in total. The number of hydrogen-bond donors (Lipinski definition) is 0. The summed E-state index contributed by atoms with van der Waals surface area (Å²) in [5.74, 6) is 2.19. The molecule has 6 heteroatoms. The van der Waals surface area contributed by atoms with Gasteiger partial charge in [0.15, 0.2) is 0 Å². The molecule has 0 fully saturated rings. The first-order valence-corrected chi connectivity index (χ1v) is 12.2. The molecule has 0 saturated heterocycles. The highest BCUT2D eigenvalue weighted by Gasteiger charge is 2.21. The lowest BCUT2D eigenvalue weighted by molar-refractivity contribution is 0.234. The molecule has 2 aromatic heterocycles. The van der Waals surface area contributed by atoms with Gasteiger partial charge in [-0.1, -0.05) is 70.2 Å². The summed E-state index contributed by atoms with van der Waals surface area (Å²) < 4.78 is 11.8. The molecule has 182 valence electrons. The number of allylic oxidation sites excluding steroid dienone is 1. The molecule has 0 bridgehead atoms. The van der Waals surface area contributed by atoms with E-state index < -0.39 is 0 Å². The van der Waals surface area contributed by atoms with Gasteiger partial charge in [-0.25, -0.2) is 9.97 Å². The lowest BCUT2D eigenvalue weighted by Gasteiger charge is -2.20. The lowest BCUT2D eigenvalue weighted by Crippen LogP contribution is -2.14. The van der Waals surface area contributed by atoms with Crippen LogP contribution in [0.15, 0.2) is 59.0 Å². The monoisotopic (exact) mass is 470 g/mol. The quantitative estimate of drug-likeness (QED) is 0.256. The van der Waals surface area contributed by atoms with Crippen molar-refractivity contribution in [1.82, 2.24) is 20.2 Å². The van der Waals surface area contributed by atoms with Crippen molar-refractivity contribution >= 4 is 17.1 Å². The van der Waals surface area contributed by atoms with Crippen molar-refractivity contribution in [3.63, 3.8) is 0 Å². The Morgan fingerprint density at radius 2 is 1.69 bits per heavy atom. The molecule has 0 saturated carbocycles. The van der Waals surface area contributed by atoms with Crippen LogP contribution in [-0.2, 0) is 6.42 Å². The van der Waals surface area contributed by atoms with Crippen LogP contribution in [0, 0.1) is 5.41 Å². The van der Waals surface area contributed by atoms with Crippen molar-refractivity contribution < 1.29 is 9.15 Å². The lowest BCUT2D eigenvalue weighted by atomic mass is 9.85. The molecule has 4 rings (SSSR count). The Bertz CT molecular complexity index is 1320. The predicted molar refractivity (Wildman–Crippen MR) is 140 cm³/mol. The molecule has 35 heavy (non-hydrogen) atoms. The summed E-state index contributed by atoms with van der Waals surface area (Å²) in [5.41, 5.74) is 4.51. The van der Waals surface area contributed by atoms with Gasteiger partial charge in [0, 0.05) is 17.9 Å². The third kappa shape index (κ3) is 6.32. The second kappa shape index (κ2) is 10.4. The van der Waals surface area contributed by atoms with E-state index in [1.54, 1.807) is 0 Å². The first-order valence-electron chi connectivity index (χ1n) is 12.2. The molecule has 0 radical (unpaired) electrons. The minimum atomic E-state index is -0.00299. The zero-order valence-electron chi connectivity index (χ0n) is 21.4. The first kappa shape index (κ1) is 24.6. The van der Waals surface area contributed by atoms with E-state index >= 15 is 0 Å². The van der Waals surface area contributed by atoms with Gasteiger partial charge in [-0.3, -0.25) is 0 Å².